The Labute approximate surface area is 149 Å². The topological polar surface area (TPSA) is 66.3 Å². The number of hydrogen-bond acceptors (Lipinski definition) is 4. The highest BCUT2D eigenvalue weighted by atomic mass is 16.2. The summed E-state index contributed by atoms with van der Waals surface area (Å²) in [6.07, 6.45) is 12.8. The Balaban J connectivity index is 1.32. The Morgan fingerprint density at radius 3 is 2.52 bits per heavy atom. The summed E-state index contributed by atoms with van der Waals surface area (Å²) in [7, 11) is 0. The molecule has 0 spiro atoms. The monoisotopic (exact) mass is 346 g/mol. The Hall–Kier alpha value is -1.63. The molecule has 4 rings (SSSR count). The highest BCUT2D eigenvalue weighted by Crippen LogP contribution is 2.27. The average molecular weight is 346 g/mol. The molecule has 7 nitrogen and oxygen atoms in total. The molecule has 138 valence electrons. The fourth-order valence-electron chi connectivity index (χ4n) is 4.57. The molecule has 1 N–H and O–H groups in total. The molecule has 0 bridgehead atoms. The molecule has 1 aliphatic carbocycles. The van der Waals surface area contributed by atoms with Crippen LogP contribution in [-0.2, 0) is 0 Å². The van der Waals surface area contributed by atoms with Gasteiger partial charge in [0.2, 0.25) is 5.95 Å². The molecule has 2 aliphatic heterocycles. The van der Waals surface area contributed by atoms with Crippen LogP contribution in [0.5, 0.6) is 0 Å². The number of amides is 2. The zero-order valence-electron chi connectivity index (χ0n) is 15.1. The van der Waals surface area contributed by atoms with E-state index in [1.165, 1.54) is 64.5 Å². The molecule has 1 unspecified atom stereocenters. The molecule has 1 saturated carbocycles. The van der Waals surface area contributed by atoms with Crippen molar-refractivity contribution in [2.24, 2.45) is 0 Å². The van der Waals surface area contributed by atoms with Gasteiger partial charge in [0.05, 0.1) is 6.04 Å². The van der Waals surface area contributed by atoms with Crippen molar-refractivity contribution in [3.8, 4) is 0 Å². The predicted octanol–water partition coefficient (Wildman–Crippen LogP) is 2.88. The number of carbonyl (C=O) groups is 1. The molecule has 2 saturated heterocycles. The van der Waals surface area contributed by atoms with Gasteiger partial charge in [0.1, 0.15) is 6.33 Å². The summed E-state index contributed by atoms with van der Waals surface area (Å²) in [5.41, 5.74) is 0. The van der Waals surface area contributed by atoms with Crippen molar-refractivity contribution < 1.29 is 4.79 Å². The van der Waals surface area contributed by atoms with Crippen molar-refractivity contribution in [3.63, 3.8) is 0 Å². The second kappa shape index (κ2) is 7.72. The Morgan fingerprint density at radius 1 is 0.960 bits per heavy atom. The highest BCUT2D eigenvalue weighted by Gasteiger charge is 2.29. The molecule has 2 amide bonds. The summed E-state index contributed by atoms with van der Waals surface area (Å²) in [5, 5.41) is 7.41. The number of piperidine rings is 1. The first-order valence-corrected chi connectivity index (χ1v) is 10.0. The molecule has 1 atom stereocenters. The predicted molar refractivity (Wildman–Crippen MR) is 96.6 cm³/mol. The largest absolute Gasteiger partial charge is 0.324 e. The first kappa shape index (κ1) is 16.8. The highest BCUT2D eigenvalue weighted by molar-refractivity contribution is 5.87. The number of carbonyl (C=O) groups excluding carboxylic acids is 1. The Bertz CT molecular complexity index is 576. The lowest BCUT2D eigenvalue weighted by atomic mass is 9.96. The van der Waals surface area contributed by atoms with Crippen molar-refractivity contribution in [1.29, 1.82) is 0 Å². The van der Waals surface area contributed by atoms with Crippen LogP contribution in [0, 0.1) is 0 Å². The van der Waals surface area contributed by atoms with Gasteiger partial charge in [0.15, 0.2) is 0 Å². The van der Waals surface area contributed by atoms with Crippen LogP contribution in [-0.4, -0.2) is 62.8 Å². The van der Waals surface area contributed by atoms with E-state index in [-0.39, 0.29) is 6.03 Å². The number of nitrogens with zero attached hydrogens (tertiary/aromatic N) is 5. The third-order valence-corrected chi connectivity index (χ3v) is 6.02. The van der Waals surface area contributed by atoms with Gasteiger partial charge in [-0.1, -0.05) is 19.3 Å². The van der Waals surface area contributed by atoms with E-state index in [0.29, 0.717) is 18.0 Å². The van der Waals surface area contributed by atoms with E-state index in [1.54, 1.807) is 6.33 Å². The maximum absolute atomic E-state index is 12.6. The van der Waals surface area contributed by atoms with Crippen molar-refractivity contribution in [3.05, 3.63) is 6.33 Å². The number of rotatable bonds is 3. The molecule has 1 aromatic heterocycles. The lowest BCUT2D eigenvalue weighted by Crippen LogP contribution is -2.50. The summed E-state index contributed by atoms with van der Waals surface area (Å²) in [6.45, 7) is 4.04. The normalized spacial score (nSPS) is 26.1. The molecule has 7 heteroatoms. The lowest BCUT2D eigenvalue weighted by molar-refractivity contribution is 0.131. The Kier molecular flexibility index (Phi) is 5.20. The van der Waals surface area contributed by atoms with Crippen LogP contribution < -0.4 is 5.32 Å². The molecular weight excluding hydrogens is 316 g/mol. The van der Waals surface area contributed by atoms with Crippen LogP contribution in [0.3, 0.4) is 0 Å². The average Bonchev–Trinajstić information content (AvgIpc) is 3.35. The van der Waals surface area contributed by atoms with Gasteiger partial charge in [0.25, 0.3) is 0 Å². The van der Waals surface area contributed by atoms with E-state index in [0.717, 1.165) is 19.5 Å². The minimum Gasteiger partial charge on any atom is -0.323 e. The second-order valence-electron chi connectivity index (χ2n) is 7.76. The van der Waals surface area contributed by atoms with Gasteiger partial charge in [-0.05, 0) is 51.6 Å². The molecule has 3 fully saturated rings. The number of urea groups is 1. The van der Waals surface area contributed by atoms with Crippen LogP contribution in [0.15, 0.2) is 6.33 Å². The second-order valence-corrected chi connectivity index (χ2v) is 7.76. The van der Waals surface area contributed by atoms with E-state index in [1.807, 2.05) is 9.58 Å². The summed E-state index contributed by atoms with van der Waals surface area (Å²) < 4.78 is 1.94. The number of anilines is 1. The summed E-state index contributed by atoms with van der Waals surface area (Å²) in [5.74, 6) is 0.443. The van der Waals surface area contributed by atoms with Gasteiger partial charge in [-0.3, -0.25) is 10.2 Å². The molecule has 1 aromatic rings. The number of aromatic nitrogens is 3. The zero-order chi connectivity index (χ0) is 17.1. The maximum atomic E-state index is 12.6. The van der Waals surface area contributed by atoms with Crippen LogP contribution in [0.4, 0.5) is 10.7 Å². The fourth-order valence-corrected chi connectivity index (χ4v) is 4.57. The molecule has 0 radical (unpaired) electrons. The molecule has 0 aromatic carbocycles. The minimum absolute atomic E-state index is 0.0507. The first-order chi connectivity index (χ1) is 12.3. The van der Waals surface area contributed by atoms with E-state index < -0.39 is 0 Å². The van der Waals surface area contributed by atoms with Crippen molar-refractivity contribution in [1.82, 2.24) is 24.6 Å². The minimum atomic E-state index is -0.0507. The summed E-state index contributed by atoms with van der Waals surface area (Å²) in [6, 6.07) is 0.918. The van der Waals surface area contributed by atoms with Gasteiger partial charge in [-0.2, -0.15) is 0 Å². The molecule has 3 aliphatic rings. The third-order valence-electron chi connectivity index (χ3n) is 6.02. The van der Waals surface area contributed by atoms with E-state index in [2.05, 4.69) is 20.3 Å². The SMILES string of the molecule is O=C(Nc1ncn(C2CCCCC2)n1)N1CCCC(N2CCCC2)C1. The molecule has 25 heavy (non-hydrogen) atoms. The van der Waals surface area contributed by atoms with Crippen molar-refractivity contribution in [2.75, 3.05) is 31.5 Å². The van der Waals surface area contributed by atoms with E-state index in [4.69, 9.17) is 0 Å². The fraction of sp³-hybridized carbons (Fsp3) is 0.833. The molecular formula is C18H30N6O. The maximum Gasteiger partial charge on any atom is 0.324 e. The van der Waals surface area contributed by atoms with Gasteiger partial charge < -0.3 is 4.90 Å². The van der Waals surface area contributed by atoms with E-state index in [9.17, 15) is 4.79 Å². The van der Waals surface area contributed by atoms with Crippen molar-refractivity contribution >= 4 is 12.0 Å². The Morgan fingerprint density at radius 2 is 1.72 bits per heavy atom. The summed E-state index contributed by atoms with van der Waals surface area (Å²) in [4.78, 5) is 21.4. The summed E-state index contributed by atoms with van der Waals surface area (Å²) >= 11 is 0. The first-order valence-electron chi connectivity index (χ1n) is 10.0. The quantitative estimate of drug-likeness (QED) is 0.914. The standard InChI is InChI=1S/C18H30N6O/c25-18(23-12-6-9-16(13-23)22-10-4-5-11-22)20-17-19-14-24(21-17)15-7-2-1-3-8-15/h14-16H,1-13H2,(H,20,21,25). The number of nitrogens with one attached hydrogen (secondary N) is 1. The van der Waals surface area contributed by atoms with E-state index >= 15 is 0 Å². The van der Waals surface area contributed by atoms with Gasteiger partial charge in [0, 0.05) is 19.1 Å². The van der Waals surface area contributed by atoms with Crippen LogP contribution in [0.1, 0.15) is 63.8 Å². The van der Waals surface area contributed by atoms with Gasteiger partial charge >= 0.3 is 6.03 Å². The smallest absolute Gasteiger partial charge is 0.323 e. The lowest BCUT2D eigenvalue weighted by Gasteiger charge is -2.37. The number of likely N-dealkylation sites (tertiary alicyclic amines) is 2. The van der Waals surface area contributed by atoms with Crippen LogP contribution >= 0.6 is 0 Å². The van der Waals surface area contributed by atoms with Crippen LogP contribution in [0.2, 0.25) is 0 Å². The third kappa shape index (κ3) is 3.97. The van der Waals surface area contributed by atoms with Gasteiger partial charge in [-0.15, -0.1) is 5.10 Å². The van der Waals surface area contributed by atoms with Crippen LogP contribution in [0.25, 0.3) is 0 Å². The van der Waals surface area contributed by atoms with Crippen molar-refractivity contribution in [2.45, 2.75) is 69.9 Å². The zero-order valence-corrected chi connectivity index (χ0v) is 15.1. The molecule has 3 heterocycles. The van der Waals surface area contributed by atoms with Gasteiger partial charge in [-0.25, -0.2) is 14.5 Å². The number of hydrogen-bond donors (Lipinski definition) is 1.